The lowest BCUT2D eigenvalue weighted by atomic mass is 9.48. The summed E-state index contributed by atoms with van der Waals surface area (Å²) in [5.41, 5.74) is 5.89. The highest BCUT2D eigenvalue weighted by Crippen LogP contribution is 2.61. The molecule has 0 aromatic heterocycles. The third-order valence-corrected chi connectivity index (χ3v) is 4.58. The molecular formula is C11H20ClNO. The summed E-state index contributed by atoms with van der Waals surface area (Å²) < 4.78 is 0. The Morgan fingerprint density at radius 2 is 1.71 bits per heavy atom. The van der Waals surface area contributed by atoms with E-state index in [0.29, 0.717) is 5.41 Å². The van der Waals surface area contributed by atoms with Gasteiger partial charge in [0.05, 0.1) is 5.60 Å². The average molecular weight is 218 g/mol. The van der Waals surface area contributed by atoms with Gasteiger partial charge in [-0.05, 0) is 62.3 Å². The van der Waals surface area contributed by atoms with Crippen LogP contribution in [0.15, 0.2) is 0 Å². The molecule has 0 aliphatic heterocycles. The van der Waals surface area contributed by atoms with Crippen LogP contribution in [0.2, 0.25) is 0 Å². The molecule has 3 N–H and O–H groups in total. The molecule has 4 atom stereocenters. The van der Waals surface area contributed by atoms with Gasteiger partial charge in [0.25, 0.3) is 0 Å². The van der Waals surface area contributed by atoms with Crippen LogP contribution in [-0.2, 0) is 0 Å². The predicted octanol–water partition coefficient (Wildman–Crippen LogP) is 1.70. The molecular weight excluding hydrogens is 198 g/mol. The molecule has 14 heavy (non-hydrogen) atoms. The molecule has 4 bridgehead atoms. The number of aliphatic hydroxyl groups is 1. The summed E-state index contributed by atoms with van der Waals surface area (Å²) in [5, 5.41) is 10.3. The van der Waals surface area contributed by atoms with Crippen LogP contribution in [0.5, 0.6) is 0 Å². The lowest BCUT2D eigenvalue weighted by Crippen LogP contribution is -2.57. The summed E-state index contributed by atoms with van der Waals surface area (Å²) >= 11 is 0. The van der Waals surface area contributed by atoms with Crippen LogP contribution in [0.1, 0.15) is 38.5 Å². The summed E-state index contributed by atoms with van der Waals surface area (Å²) in [6.45, 7) is 0.794. The zero-order valence-electron chi connectivity index (χ0n) is 8.54. The Morgan fingerprint density at radius 1 is 1.14 bits per heavy atom. The molecule has 4 rings (SSSR count). The number of hydrogen-bond donors (Lipinski definition) is 2. The van der Waals surface area contributed by atoms with Crippen molar-refractivity contribution in [3.8, 4) is 0 Å². The fraction of sp³-hybridized carbons (Fsp3) is 1.00. The van der Waals surface area contributed by atoms with Gasteiger partial charge in [-0.25, -0.2) is 0 Å². The highest BCUT2D eigenvalue weighted by Gasteiger charge is 2.56. The summed E-state index contributed by atoms with van der Waals surface area (Å²) in [7, 11) is 0. The van der Waals surface area contributed by atoms with E-state index >= 15 is 0 Å². The molecule has 0 saturated heterocycles. The maximum Gasteiger partial charge on any atom is 0.0658 e. The van der Waals surface area contributed by atoms with Gasteiger partial charge in [-0.2, -0.15) is 0 Å². The molecule has 0 spiro atoms. The van der Waals surface area contributed by atoms with Gasteiger partial charge in [-0.15, -0.1) is 12.4 Å². The molecule has 4 fully saturated rings. The smallest absolute Gasteiger partial charge is 0.0658 e. The highest BCUT2D eigenvalue weighted by atomic mass is 35.5. The van der Waals surface area contributed by atoms with Crippen molar-refractivity contribution in [3.05, 3.63) is 0 Å². The van der Waals surface area contributed by atoms with Crippen molar-refractivity contribution in [2.24, 2.45) is 23.0 Å². The normalized spacial score (nSPS) is 54.4. The van der Waals surface area contributed by atoms with Gasteiger partial charge in [-0.1, -0.05) is 0 Å². The number of halogens is 1. The van der Waals surface area contributed by atoms with Gasteiger partial charge in [-0.3, -0.25) is 0 Å². The van der Waals surface area contributed by atoms with Gasteiger partial charge in [0.2, 0.25) is 0 Å². The van der Waals surface area contributed by atoms with E-state index in [9.17, 15) is 5.11 Å². The van der Waals surface area contributed by atoms with Gasteiger partial charge in [0, 0.05) is 0 Å². The molecule has 4 aliphatic rings. The van der Waals surface area contributed by atoms with E-state index < -0.39 is 0 Å². The lowest BCUT2D eigenvalue weighted by Gasteiger charge is -2.60. The SMILES string of the molecule is Cl.NCC12C[C@@H]3C[C@@H](CC(O)(C3)C1)C2. The molecule has 0 aromatic rings. The molecule has 2 nitrogen and oxygen atoms in total. The van der Waals surface area contributed by atoms with Crippen LogP contribution >= 0.6 is 12.4 Å². The molecule has 0 radical (unpaired) electrons. The number of hydrogen-bond acceptors (Lipinski definition) is 2. The second-order valence-electron chi connectivity index (χ2n) is 5.89. The second-order valence-corrected chi connectivity index (χ2v) is 5.89. The van der Waals surface area contributed by atoms with Crippen LogP contribution in [0, 0.1) is 17.3 Å². The molecule has 82 valence electrons. The van der Waals surface area contributed by atoms with Crippen LogP contribution in [-0.4, -0.2) is 17.3 Å². The first kappa shape index (κ1) is 10.7. The lowest BCUT2D eigenvalue weighted by molar-refractivity contribution is -0.160. The van der Waals surface area contributed by atoms with Gasteiger partial charge < -0.3 is 10.8 Å². The summed E-state index contributed by atoms with van der Waals surface area (Å²) in [6, 6.07) is 0. The van der Waals surface area contributed by atoms with Crippen molar-refractivity contribution < 1.29 is 5.11 Å². The minimum atomic E-state index is -0.316. The van der Waals surface area contributed by atoms with Crippen LogP contribution in [0.4, 0.5) is 0 Å². The van der Waals surface area contributed by atoms with Crippen LogP contribution in [0.25, 0.3) is 0 Å². The van der Waals surface area contributed by atoms with Crippen LogP contribution < -0.4 is 5.73 Å². The van der Waals surface area contributed by atoms with Gasteiger partial charge in [0.15, 0.2) is 0 Å². The van der Waals surface area contributed by atoms with Gasteiger partial charge >= 0.3 is 0 Å². The Kier molecular flexibility index (Phi) is 2.37. The Bertz CT molecular complexity index is 229. The second kappa shape index (κ2) is 3.10. The zero-order chi connectivity index (χ0) is 9.10. The maximum absolute atomic E-state index is 10.3. The first-order valence-electron chi connectivity index (χ1n) is 5.56. The van der Waals surface area contributed by atoms with Crippen molar-refractivity contribution >= 4 is 12.4 Å². The standard InChI is InChI=1S/C11H19NO.ClH/c12-7-10-2-8-1-9(3-10)5-11(13,4-8)6-10;/h8-9,13H,1-7,12H2;1H/t8-,9+,10?,11?;. The molecule has 3 heteroatoms. The molecule has 0 amide bonds. The molecule has 2 unspecified atom stereocenters. The maximum atomic E-state index is 10.3. The third kappa shape index (κ3) is 1.39. The molecule has 0 aromatic carbocycles. The number of rotatable bonds is 1. The van der Waals surface area contributed by atoms with Crippen molar-refractivity contribution in [2.45, 2.75) is 44.1 Å². The molecule has 0 heterocycles. The minimum absolute atomic E-state index is 0. The molecule has 4 saturated carbocycles. The van der Waals surface area contributed by atoms with E-state index in [-0.39, 0.29) is 18.0 Å². The van der Waals surface area contributed by atoms with Crippen molar-refractivity contribution in [3.63, 3.8) is 0 Å². The largest absolute Gasteiger partial charge is 0.390 e. The monoisotopic (exact) mass is 217 g/mol. The fourth-order valence-electron chi connectivity index (χ4n) is 4.64. The van der Waals surface area contributed by atoms with E-state index in [0.717, 1.165) is 37.6 Å². The van der Waals surface area contributed by atoms with E-state index in [2.05, 4.69) is 0 Å². The Labute approximate surface area is 91.7 Å². The first-order chi connectivity index (χ1) is 6.13. The summed E-state index contributed by atoms with van der Waals surface area (Å²) in [6.07, 6.45) is 7.06. The van der Waals surface area contributed by atoms with E-state index in [1.807, 2.05) is 0 Å². The van der Waals surface area contributed by atoms with E-state index in [1.165, 1.54) is 19.3 Å². The van der Waals surface area contributed by atoms with E-state index in [1.54, 1.807) is 0 Å². The Morgan fingerprint density at radius 3 is 2.14 bits per heavy atom. The topological polar surface area (TPSA) is 46.2 Å². The summed E-state index contributed by atoms with van der Waals surface area (Å²) in [4.78, 5) is 0. The number of nitrogens with two attached hydrogens (primary N) is 1. The molecule has 4 aliphatic carbocycles. The predicted molar refractivity (Wildman–Crippen MR) is 58.4 cm³/mol. The summed E-state index contributed by atoms with van der Waals surface area (Å²) in [5.74, 6) is 1.57. The first-order valence-corrected chi connectivity index (χ1v) is 5.56. The van der Waals surface area contributed by atoms with Crippen molar-refractivity contribution in [1.82, 2.24) is 0 Å². The Balaban J connectivity index is 0.000000750. The Hall–Kier alpha value is 0.210. The zero-order valence-corrected chi connectivity index (χ0v) is 9.35. The average Bonchev–Trinajstić information content (AvgIpc) is 1.99. The van der Waals surface area contributed by atoms with Crippen LogP contribution in [0.3, 0.4) is 0 Å². The third-order valence-electron chi connectivity index (χ3n) is 4.58. The minimum Gasteiger partial charge on any atom is -0.390 e. The van der Waals surface area contributed by atoms with Crippen molar-refractivity contribution in [2.75, 3.05) is 6.54 Å². The highest BCUT2D eigenvalue weighted by molar-refractivity contribution is 5.85. The fourth-order valence-corrected chi connectivity index (χ4v) is 4.64. The van der Waals surface area contributed by atoms with Crippen molar-refractivity contribution in [1.29, 1.82) is 0 Å². The van der Waals surface area contributed by atoms with Gasteiger partial charge in [0.1, 0.15) is 0 Å². The quantitative estimate of drug-likeness (QED) is 0.703. The van der Waals surface area contributed by atoms with E-state index in [4.69, 9.17) is 5.73 Å².